The van der Waals surface area contributed by atoms with E-state index < -0.39 is 0 Å². The predicted octanol–water partition coefficient (Wildman–Crippen LogP) is 3.23. The molecular formula is C14H22N2O. The molecule has 0 fully saturated rings. The largest absolute Gasteiger partial charge is 0.314 e. The van der Waals surface area contributed by atoms with E-state index in [0.29, 0.717) is 12.3 Å². The van der Waals surface area contributed by atoms with Gasteiger partial charge >= 0.3 is 0 Å². The lowest BCUT2D eigenvalue weighted by Gasteiger charge is -2.35. The summed E-state index contributed by atoms with van der Waals surface area (Å²) in [5.41, 5.74) is 1.15. The van der Waals surface area contributed by atoms with Crippen LogP contribution in [0.3, 0.4) is 0 Å². The fourth-order valence-electron chi connectivity index (χ4n) is 2.60. The van der Waals surface area contributed by atoms with Gasteiger partial charge < -0.3 is 4.90 Å². The van der Waals surface area contributed by atoms with E-state index in [1.54, 1.807) is 6.92 Å². The van der Waals surface area contributed by atoms with Gasteiger partial charge in [-0.3, -0.25) is 4.79 Å². The van der Waals surface area contributed by atoms with Gasteiger partial charge in [0.1, 0.15) is 0 Å². The molecular weight excluding hydrogens is 212 g/mol. The Morgan fingerprint density at radius 2 is 2.35 bits per heavy atom. The first-order chi connectivity index (χ1) is 8.07. The normalized spacial score (nSPS) is 19.7. The van der Waals surface area contributed by atoms with Gasteiger partial charge in [-0.2, -0.15) is 5.26 Å². The standard InChI is InChI=1S/C14H22N2O/c1-11(2)16(12(3)17)14-9-5-4-7-13(14)8-6-10-15/h9,11,13H,4-8H2,1-3H3/t13-/m0/s1. The van der Waals surface area contributed by atoms with Gasteiger partial charge in [-0.05, 0) is 45.4 Å². The number of rotatable bonds is 4. The lowest BCUT2D eigenvalue weighted by molar-refractivity contribution is -0.128. The van der Waals surface area contributed by atoms with E-state index in [2.05, 4.69) is 12.1 Å². The summed E-state index contributed by atoms with van der Waals surface area (Å²) >= 11 is 0. The Morgan fingerprint density at radius 1 is 1.65 bits per heavy atom. The molecule has 1 rings (SSSR count). The van der Waals surface area contributed by atoms with Crippen molar-refractivity contribution in [1.82, 2.24) is 4.90 Å². The SMILES string of the molecule is CC(=O)N(C1=CCCC[C@H]1CCC#N)C(C)C. The topological polar surface area (TPSA) is 44.1 Å². The van der Waals surface area contributed by atoms with Gasteiger partial charge in [0.15, 0.2) is 0 Å². The summed E-state index contributed by atoms with van der Waals surface area (Å²) in [5, 5.41) is 8.69. The van der Waals surface area contributed by atoms with Crippen molar-refractivity contribution in [2.24, 2.45) is 5.92 Å². The summed E-state index contributed by atoms with van der Waals surface area (Å²) in [6, 6.07) is 2.40. The number of allylic oxidation sites excluding steroid dienone is 2. The predicted molar refractivity (Wildman–Crippen MR) is 67.9 cm³/mol. The van der Waals surface area contributed by atoms with Crippen molar-refractivity contribution >= 4 is 5.91 Å². The zero-order valence-corrected chi connectivity index (χ0v) is 11.1. The van der Waals surface area contributed by atoms with Crippen LogP contribution in [0, 0.1) is 17.2 Å². The van der Waals surface area contributed by atoms with E-state index >= 15 is 0 Å². The Kier molecular flexibility index (Phi) is 5.21. The molecule has 0 saturated heterocycles. The molecule has 1 aliphatic rings. The zero-order chi connectivity index (χ0) is 12.8. The first-order valence-electron chi connectivity index (χ1n) is 6.44. The van der Waals surface area contributed by atoms with Crippen molar-refractivity contribution in [1.29, 1.82) is 5.26 Å². The molecule has 17 heavy (non-hydrogen) atoms. The molecule has 94 valence electrons. The van der Waals surface area contributed by atoms with Gasteiger partial charge in [-0.25, -0.2) is 0 Å². The maximum atomic E-state index is 11.7. The lowest BCUT2D eigenvalue weighted by Crippen LogP contribution is -2.38. The summed E-state index contributed by atoms with van der Waals surface area (Å²) in [7, 11) is 0. The monoisotopic (exact) mass is 234 g/mol. The van der Waals surface area contributed by atoms with Crippen LogP contribution in [-0.2, 0) is 4.79 Å². The molecule has 1 atom stereocenters. The molecule has 0 bridgehead atoms. The quantitative estimate of drug-likeness (QED) is 0.749. The highest BCUT2D eigenvalue weighted by molar-refractivity contribution is 5.75. The number of hydrogen-bond acceptors (Lipinski definition) is 2. The van der Waals surface area contributed by atoms with E-state index in [9.17, 15) is 4.79 Å². The molecule has 0 spiro atoms. The number of hydrogen-bond donors (Lipinski definition) is 0. The van der Waals surface area contributed by atoms with Gasteiger partial charge in [0, 0.05) is 25.1 Å². The minimum absolute atomic E-state index is 0.107. The van der Waals surface area contributed by atoms with Crippen LogP contribution in [0.4, 0.5) is 0 Å². The maximum Gasteiger partial charge on any atom is 0.223 e. The summed E-state index contributed by atoms with van der Waals surface area (Å²) in [6.07, 6.45) is 6.96. The maximum absolute atomic E-state index is 11.7. The fourth-order valence-corrected chi connectivity index (χ4v) is 2.60. The number of nitriles is 1. The van der Waals surface area contributed by atoms with Crippen molar-refractivity contribution in [3.8, 4) is 6.07 Å². The molecule has 1 amide bonds. The Labute approximate surface area is 104 Å². The molecule has 3 nitrogen and oxygen atoms in total. The molecule has 0 aromatic rings. The molecule has 0 heterocycles. The average molecular weight is 234 g/mol. The van der Waals surface area contributed by atoms with Crippen molar-refractivity contribution in [2.45, 2.75) is 58.9 Å². The van der Waals surface area contributed by atoms with Crippen LogP contribution in [0.15, 0.2) is 11.8 Å². The molecule has 0 aromatic carbocycles. The number of carbonyl (C=O) groups excluding carboxylic acids is 1. The van der Waals surface area contributed by atoms with Crippen LogP contribution in [0.25, 0.3) is 0 Å². The summed E-state index contributed by atoms with van der Waals surface area (Å²) < 4.78 is 0. The summed E-state index contributed by atoms with van der Waals surface area (Å²) in [4.78, 5) is 13.6. The van der Waals surface area contributed by atoms with E-state index in [-0.39, 0.29) is 11.9 Å². The second kappa shape index (κ2) is 6.44. The molecule has 0 unspecified atom stereocenters. The first kappa shape index (κ1) is 13.8. The fraction of sp³-hybridized carbons (Fsp3) is 0.714. The van der Waals surface area contributed by atoms with Crippen LogP contribution in [0.1, 0.15) is 52.9 Å². The molecule has 0 N–H and O–H groups in total. The third kappa shape index (κ3) is 3.59. The van der Waals surface area contributed by atoms with Gasteiger partial charge in [0.2, 0.25) is 5.91 Å². The second-order valence-electron chi connectivity index (χ2n) is 4.94. The van der Waals surface area contributed by atoms with Crippen LogP contribution in [0.2, 0.25) is 0 Å². The van der Waals surface area contributed by atoms with Crippen molar-refractivity contribution in [3.63, 3.8) is 0 Å². The Morgan fingerprint density at radius 3 is 2.88 bits per heavy atom. The molecule has 0 aromatic heterocycles. The molecule has 1 aliphatic carbocycles. The van der Waals surface area contributed by atoms with Gasteiger partial charge in [0.05, 0.1) is 6.07 Å². The molecule has 0 radical (unpaired) electrons. The number of carbonyl (C=O) groups is 1. The highest BCUT2D eigenvalue weighted by Crippen LogP contribution is 2.32. The van der Waals surface area contributed by atoms with Crippen LogP contribution < -0.4 is 0 Å². The Balaban J connectivity index is 2.86. The van der Waals surface area contributed by atoms with Crippen molar-refractivity contribution in [3.05, 3.63) is 11.8 Å². The molecule has 0 saturated carbocycles. The van der Waals surface area contributed by atoms with Crippen molar-refractivity contribution < 1.29 is 4.79 Å². The van der Waals surface area contributed by atoms with Crippen molar-refractivity contribution in [2.75, 3.05) is 0 Å². The van der Waals surface area contributed by atoms with Gasteiger partial charge in [-0.1, -0.05) is 6.08 Å². The van der Waals surface area contributed by atoms with E-state index in [0.717, 1.165) is 25.0 Å². The van der Waals surface area contributed by atoms with Gasteiger partial charge in [0.25, 0.3) is 0 Å². The van der Waals surface area contributed by atoms with Crippen LogP contribution in [0.5, 0.6) is 0 Å². The molecule has 0 aliphatic heterocycles. The van der Waals surface area contributed by atoms with Crippen LogP contribution >= 0.6 is 0 Å². The Bertz CT molecular complexity index is 339. The van der Waals surface area contributed by atoms with E-state index in [1.165, 1.54) is 6.42 Å². The average Bonchev–Trinajstić information content (AvgIpc) is 2.27. The first-order valence-corrected chi connectivity index (χ1v) is 6.44. The highest BCUT2D eigenvalue weighted by atomic mass is 16.2. The Hall–Kier alpha value is -1.30. The zero-order valence-electron chi connectivity index (χ0n) is 11.1. The lowest BCUT2D eigenvalue weighted by atomic mass is 9.87. The van der Waals surface area contributed by atoms with Crippen LogP contribution in [-0.4, -0.2) is 16.8 Å². The number of nitrogens with zero attached hydrogens (tertiary/aromatic N) is 2. The minimum Gasteiger partial charge on any atom is -0.314 e. The third-order valence-corrected chi connectivity index (χ3v) is 3.27. The smallest absolute Gasteiger partial charge is 0.223 e. The highest BCUT2D eigenvalue weighted by Gasteiger charge is 2.26. The summed E-state index contributed by atoms with van der Waals surface area (Å²) in [6.45, 7) is 5.70. The number of amides is 1. The third-order valence-electron chi connectivity index (χ3n) is 3.27. The van der Waals surface area contributed by atoms with Gasteiger partial charge in [-0.15, -0.1) is 0 Å². The minimum atomic E-state index is 0.107. The second-order valence-corrected chi connectivity index (χ2v) is 4.94. The summed E-state index contributed by atoms with van der Waals surface area (Å²) in [5.74, 6) is 0.491. The molecule has 3 heteroatoms. The van der Waals surface area contributed by atoms with E-state index in [4.69, 9.17) is 5.26 Å². The van der Waals surface area contributed by atoms with E-state index in [1.807, 2.05) is 18.7 Å².